The topological polar surface area (TPSA) is 87.2 Å². The first-order chi connectivity index (χ1) is 17.4. The minimum atomic E-state index is -5.09. The van der Waals surface area contributed by atoms with Crippen LogP contribution in [0.3, 0.4) is 0 Å². The van der Waals surface area contributed by atoms with Gasteiger partial charge in [-0.15, -0.1) is 0 Å². The van der Waals surface area contributed by atoms with E-state index in [1.54, 1.807) is 0 Å². The van der Waals surface area contributed by atoms with E-state index in [2.05, 4.69) is 0 Å². The largest absolute Gasteiger partial charge is 0.492 e. The third-order valence-electron chi connectivity index (χ3n) is 5.71. The Hall–Kier alpha value is -3.33. The molecule has 0 fully saturated rings. The van der Waals surface area contributed by atoms with E-state index in [1.165, 1.54) is 0 Å². The number of hydrogen-bond donors (Lipinski definition) is 1. The lowest BCUT2D eigenvalue weighted by Gasteiger charge is -2.28. The fourth-order valence-electron chi connectivity index (χ4n) is 3.60. The van der Waals surface area contributed by atoms with Gasteiger partial charge in [0.15, 0.2) is 0 Å². The van der Waals surface area contributed by atoms with E-state index in [0.717, 1.165) is 43.1 Å². The highest BCUT2D eigenvalue weighted by atomic mass is 32.2. The highest BCUT2D eigenvalue weighted by Crippen LogP contribution is 2.45. The van der Waals surface area contributed by atoms with Gasteiger partial charge in [-0.3, -0.25) is 4.79 Å². The molecule has 0 unspecified atom stereocenters. The minimum absolute atomic E-state index is 0.00449. The second kappa shape index (κ2) is 10.4. The van der Waals surface area contributed by atoms with Gasteiger partial charge in [-0.25, -0.2) is 12.8 Å². The number of allylic oxidation sites excluding steroid dienone is 1. The molecule has 0 amide bonds. The zero-order valence-corrected chi connectivity index (χ0v) is 20.5. The number of rotatable bonds is 6. The Morgan fingerprint density at radius 3 is 2.29 bits per heavy atom. The Balaban J connectivity index is 2.29. The highest BCUT2D eigenvalue weighted by Gasteiger charge is 2.42. The maximum absolute atomic E-state index is 14.0. The molecule has 3 rings (SSSR count). The standard InChI is InChI=1S/C23H21F7N2O5S/c1-13(21(33)34)12-37-19-10-20-18(9-17(19)23(28,29)30)32(15-5-3-14(24)4-6-15)11-16(7-8-22(25,26)27)31(2)38(20,35)36/h3-10,13,16H,11-12H2,1-2H3,(H,33,34)/b8-7+/t13-,16+/m1/s1. The molecule has 1 heterocycles. The summed E-state index contributed by atoms with van der Waals surface area (Å²) in [5.41, 5.74) is -1.98. The first kappa shape index (κ1) is 29.2. The molecular weight excluding hydrogens is 549 g/mol. The number of carbonyl (C=O) groups is 1. The molecule has 1 N–H and O–H groups in total. The number of halogens is 7. The maximum Gasteiger partial charge on any atom is 0.420 e. The lowest BCUT2D eigenvalue weighted by Crippen LogP contribution is -2.39. The molecule has 0 aromatic heterocycles. The molecule has 2 aromatic rings. The van der Waals surface area contributed by atoms with Gasteiger partial charge in [0.05, 0.1) is 23.2 Å². The molecule has 208 valence electrons. The highest BCUT2D eigenvalue weighted by molar-refractivity contribution is 7.89. The normalized spacial score (nSPS) is 19.2. The summed E-state index contributed by atoms with van der Waals surface area (Å²) in [6, 6.07) is 3.68. The van der Waals surface area contributed by atoms with E-state index in [9.17, 15) is 43.9 Å². The van der Waals surface area contributed by atoms with Crippen molar-refractivity contribution < 1.29 is 53.8 Å². The summed E-state index contributed by atoms with van der Waals surface area (Å²) in [5, 5.41) is 9.03. The molecule has 0 saturated heterocycles. The van der Waals surface area contributed by atoms with E-state index in [-0.39, 0.29) is 11.8 Å². The number of hydrogen-bond acceptors (Lipinski definition) is 5. The number of ether oxygens (including phenoxy) is 1. The summed E-state index contributed by atoms with van der Waals surface area (Å²) in [6.45, 7) is -0.127. The van der Waals surface area contributed by atoms with Gasteiger partial charge in [0.1, 0.15) is 23.1 Å². The second-order valence-electron chi connectivity index (χ2n) is 8.44. The predicted octanol–water partition coefficient (Wildman–Crippen LogP) is 5.20. The van der Waals surface area contributed by atoms with Crippen molar-refractivity contribution in [2.75, 3.05) is 25.1 Å². The van der Waals surface area contributed by atoms with Crippen LogP contribution in [-0.2, 0) is 21.0 Å². The summed E-state index contributed by atoms with van der Waals surface area (Å²) in [7, 11) is -3.77. The van der Waals surface area contributed by atoms with E-state index >= 15 is 0 Å². The fourth-order valence-corrected chi connectivity index (χ4v) is 5.09. The zero-order chi connectivity index (χ0) is 28.6. The van der Waals surface area contributed by atoms with Crippen LogP contribution in [0.4, 0.5) is 42.1 Å². The van der Waals surface area contributed by atoms with Gasteiger partial charge in [-0.2, -0.15) is 30.6 Å². The summed E-state index contributed by atoms with van der Waals surface area (Å²) in [4.78, 5) is 11.4. The van der Waals surface area contributed by atoms with Crippen LogP contribution in [0.25, 0.3) is 0 Å². The van der Waals surface area contributed by atoms with Crippen molar-refractivity contribution in [2.24, 2.45) is 5.92 Å². The molecule has 0 bridgehead atoms. The number of sulfonamides is 1. The van der Waals surface area contributed by atoms with Crippen molar-refractivity contribution in [1.82, 2.24) is 4.31 Å². The van der Waals surface area contributed by atoms with Gasteiger partial charge in [0, 0.05) is 31.4 Å². The summed E-state index contributed by atoms with van der Waals surface area (Å²) < 4.78 is 127. The van der Waals surface area contributed by atoms with Crippen LogP contribution >= 0.6 is 0 Å². The van der Waals surface area contributed by atoms with E-state index < -0.39 is 81.2 Å². The first-order valence-corrected chi connectivity index (χ1v) is 12.2. The molecular formula is C23H21F7N2O5S. The van der Waals surface area contributed by atoms with Crippen LogP contribution in [0.15, 0.2) is 53.4 Å². The Bertz CT molecular complexity index is 1330. The number of anilines is 2. The van der Waals surface area contributed by atoms with Crippen LogP contribution in [0, 0.1) is 11.7 Å². The minimum Gasteiger partial charge on any atom is -0.492 e. The molecule has 2 aromatic carbocycles. The van der Waals surface area contributed by atoms with Crippen LogP contribution in [0.2, 0.25) is 0 Å². The van der Waals surface area contributed by atoms with Gasteiger partial charge in [0.25, 0.3) is 0 Å². The average molecular weight is 570 g/mol. The van der Waals surface area contributed by atoms with Crippen LogP contribution in [0.1, 0.15) is 12.5 Å². The van der Waals surface area contributed by atoms with Crippen molar-refractivity contribution in [3.05, 3.63) is 59.9 Å². The summed E-state index contributed by atoms with van der Waals surface area (Å²) >= 11 is 0. The Morgan fingerprint density at radius 1 is 1.16 bits per heavy atom. The predicted molar refractivity (Wildman–Crippen MR) is 121 cm³/mol. The number of aliphatic carboxylic acids is 1. The van der Waals surface area contributed by atoms with Crippen molar-refractivity contribution in [3.63, 3.8) is 0 Å². The molecule has 0 aliphatic carbocycles. The molecule has 2 atom stereocenters. The number of alkyl halides is 6. The van der Waals surface area contributed by atoms with Crippen molar-refractivity contribution in [1.29, 1.82) is 0 Å². The van der Waals surface area contributed by atoms with Crippen molar-refractivity contribution >= 4 is 27.4 Å². The van der Waals surface area contributed by atoms with Crippen molar-refractivity contribution in [3.8, 4) is 5.75 Å². The van der Waals surface area contributed by atoms with E-state index in [0.29, 0.717) is 22.5 Å². The SMILES string of the molecule is C[C@H](COc1cc2c(cc1C(F)(F)F)N(c1ccc(F)cc1)C[C@H](/C=C/C(F)(F)F)N(C)S2(=O)=O)C(=O)O. The van der Waals surface area contributed by atoms with Gasteiger partial charge < -0.3 is 14.7 Å². The third kappa shape index (κ3) is 6.38. The van der Waals surface area contributed by atoms with Gasteiger partial charge >= 0.3 is 18.3 Å². The van der Waals surface area contributed by atoms with E-state index in [1.807, 2.05) is 0 Å². The Kier molecular flexibility index (Phi) is 8.03. The molecule has 38 heavy (non-hydrogen) atoms. The molecule has 0 radical (unpaired) electrons. The van der Waals surface area contributed by atoms with Gasteiger partial charge in [-0.1, -0.05) is 6.08 Å². The number of likely N-dealkylation sites (N-methyl/N-ethyl adjacent to an activating group) is 1. The molecule has 1 aliphatic rings. The molecule has 7 nitrogen and oxygen atoms in total. The summed E-state index contributed by atoms with van der Waals surface area (Å²) in [6.07, 6.45) is -9.54. The van der Waals surface area contributed by atoms with Crippen LogP contribution < -0.4 is 9.64 Å². The van der Waals surface area contributed by atoms with Crippen LogP contribution in [0.5, 0.6) is 5.75 Å². The van der Waals surface area contributed by atoms with Gasteiger partial charge in [0.2, 0.25) is 10.0 Å². The smallest absolute Gasteiger partial charge is 0.420 e. The maximum atomic E-state index is 14.0. The molecule has 0 spiro atoms. The Labute approximate surface area is 212 Å². The second-order valence-corrected chi connectivity index (χ2v) is 10.4. The van der Waals surface area contributed by atoms with Crippen LogP contribution in [-0.4, -0.2) is 56.2 Å². The third-order valence-corrected chi connectivity index (χ3v) is 7.62. The zero-order valence-electron chi connectivity index (χ0n) is 19.7. The van der Waals surface area contributed by atoms with Crippen molar-refractivity contribution in [2.45, 2.75) is 30.2 Å². The molecule has 0 saturated carbocycles. The number of carboxylic acid groups (broad SMARTS) is 1. The Morgan fingerprint density at radius 2 is 1.76 bits per heavy atom. The number of nitrogens with zero attached hydrogens (tertiary/aromatic N) is 2. The fraction of sp³-hybridized carbons (Fsp3) is 0.348. The monoisotopic (exact) mass is 570 g/mol. The average Bonchev–Trinajstić information content (AvgIpc) is 2.88. The molecule has 15 heteroatoms. The van der Waals surface area contributed by atoms with E-state index in [4.69, 9.17) is 9.84 Å². The summed E-state index contributed by atoms with van der Waals surface area (Å²) in [5.74, 6) is -4.32. The number of carboxylic acids is 1. The lowest BCUT2D eigenvalue weighted by atomic mass is 10.1. The molecule has 1 aliphatic heterocycles. The quantitative estimate of drug-likeness (QED) is 0.380. The lowest BCUT2D eigenvalue weighted by molar-refractivity contribution is -0.142. The number of fused-ring (bicyclic) bond motifs is 1. The van der Waals surface area contributed by atoms with Gasteiger partial charge in [-0.05, 0) is 37.3 Å². The first-order valence-electron chi connectivity index (χ1n) is 10.8. The number of benzene rings is 2.